The second kappa shape index (κ2) is 14.2. The lowest BCUT2D eigenvalue weighted by atomic mass is 9.84. The van der Waals surface area contributed by atoms with Gasteiger partial charge in [-0.3, -0.25) is 14.4 Å². The molecule has 2 heterocycles. The number of H-pyrrole nitrogens is 1. The number of aromatic nitrogens is 2. The Morgan fingerprint density at radius 2 is 1.67 bits per heavy atom. The van der Waals surface area contributed by atoms with E-state index in [4.69, 9.17) is 11.6 Å². The number of hydrogen-bond donors (Lipinski definition) is 2. The number of allylic oxidation sites excluding steroid dienone is 2. The molecule has 0 radical (unpaired) electrons. The summed E-state index contributed by atoms with van der Waals surface area (Å²) in [5.74, 6) is -0.159. The van der Waals surface area contributed by atoms with Crippen LogP contribution in [0.3, 0.4) is 0 Å². The number of carbonyl (C=O) groups excluding carboxylic acids is 1. The Bertz CT molecular complexity index is 2110. The molecule has 1 aliphatic carbocycles. The van der Waals surface area contributed by atoms with Crippen molar-refractivity contribution in [2.75, 3.05) is 31.6 Å². The van der Waals surface area contributed by atoms with Gasteiger partial charge in [0.15, 0.2) is 0 Å². The lowest BCUT2D eigenvalue weighted by Crippen LogP contribution is -2.52. The molecule has 1 fully saturated rings. The van der Waals surface area contributed by atoms with Crippen LogP contribution in [0.1, 0.15) is 36.0 Å². The minimum absolute atomic E-state index is 0.159. The predicted molar refractivity (Wildman–Crippen MR) is 191 cm³/mol. The number of carbonyl (C=O) groups is 1. The highest BCUT2D eigenvalue weighted by atomic mass is 35.5. The molecule has 4 aromatic rings. The molecule has 6 rings (SSSR count). The van der Waals surface area contributed by atoms with Gasteiger partial charge in [0.2, 0.25) is 0 Å². The van der Waals surface area contributed by atoms with Gasteiger partial charge in [-0.15, -0.1) is 0 Å². The normalized spacial score (nSPS) is 17.7. The van der Waals surface area contributed by atoms with Gasteiger partial charge in [0.25, 0.3) is 17.0 Å². The Kier molecular flexibility index (Phi) is 9.78. The molecule has 0 bridgehead atoms. The lowest BCUT2D eigenvalue weighted by Gasteiger charge is -2.38. The molecule has 48 heavy (non-hydrogen) atoms. The third-order valence-electron chi connectivity index (χ3n) is 9.44. The van der Waals surface area contributed by atoms with Crippen LogP contribution < -0.4 is 26.7 Å². The summed E-state index contributed by atoms with van der Waals surface area (Å²) in [6.07, 6.45) is 9.47. The number of hydrogen-bond acceptors (Lipinski definition) is 5. The van der Waals surface area contributed by atoms with Crippen molar-refractivity contribution in [2.45, 2.75) is 31.3 Å². The van der Waals surface area contributed by atoms with Crippen molar-refractivity contribution in [1.29, 1.82) is 0 Å². The number of nitrogens with one attached hydrogen (secondary N) is 1. The predicted octanol–water partition coefficient (Wildman–Crippen LogP) is 3.78. The molecule has 2 aliphatic rings. The van der Waals surface area contributed by atoms with Crippen LogP contribution in [-0.2, 0) is 23.9 Å². The van der Waals surface area contributed by atoms with E-state index in [2.05, 4.69) is 22.0 Å². The van der Waals surface area contributed by atoms with Gasteiger partial charge in [0, 0.05) is 50.0 Å². The van der Waals surface area contributed by atoms with E-state index in [-0.39, 0.29) is 27.7 Å². The van der Waals surface area contributed by atoms with E-state index >= 15 is 0 Å². The van der Waals surface area contributed by atoms with Gasteiger partial charge in [-0.25, -0.2) is 0 Å². The maximum atomic E-state index is 13.4. The van der Waals surface area contributed by atoms with Crippen LogP contribution in [0, 0.1) is 0 Å². The molecule has 0 saturated carbocycles. The number of aromatic amines is 1. The highest BCUT2D eigenvalue weighted by Crippen LogP contribution is 2.33. The summed E-state index contributed by atoms with van der Waals surface area (Å²) < 4.78 is 1.36. The van der Waals surface area contributed by atoms with Crippen LogP contribution in [0.4, 0.5) is 5.69 Å². The average molecular weight is 663 g/mol. The number of benzene rings is 3. The van der Waals surface area contributed by atoms with Crippen LogP contribution in [0.5, 0.6) is 0 Å². The highest BCUT2D eigenvalue weighted by Gasteiger charge is 2.33. The number of anilines is 1. The number of aliphatic hydroxyl groups is 1. The minimum atomic E-state index is -0.814. The van der Waals surface area contributed by atoms with E-state index in [1.807, 2.05) is 66.7 Å². The van der Waals surface area contributed by atoms with Gasteiger partial charge in [0.1, 0.15) is 10.7 Å². The summed E-state index contributed by atoms with van der Waals surface area (Å²) in [4.78, 5) is 46.2. The molecule has 1 aliphatic heterocycles. The molecule has 1 saturated heterocycles. The topological polar surface area (TPSA) is 98.6 Å². The minimum Gasteiger partial charge on any atom is -0.385 e. The van der Waals surface area contributed by atoms with Crippen LogP contribution in [0.2, 0.25) is 5.02 Å². The third kappa shape index (κ3) is 7.21. The van der Waals surface area contributed by atoms with Gasteiger partial charge in [0.05, 0.1) is 5.60 Å². The number of piperidine rings is 1. The number of halogens is 1. The SMILES string of the molecule is CN(C(=O)C1=CCC(=c2[nH]c(=O)c(=Cc3ccccc3)n(C)c2=O)C=C1)c1ccc(CCN2CCC(O)(c3ccc(Cl)cc3)CC2)cc1. The Balaban J connectivity index is 1.06. The van der Waals surface area contributed by atoms with Crippen molar-refractivity contribution in [3.8, 4) is 0 Å². The Morgan fingerprint density at radius 3 is 2.31 bits per heavy atom. The Morgan fingerprint density at radius 1 is 0.979 bits per heavy atom. The van der Waals surface area contributed by atoms with E-state index < -0.39 is 5.60 Å². The Labute approximate surface area is 284 Å². The first kappa shape index (κ1) is 33.2. The molecule has 0 atom stereocenters. The first-order valence-electron chi connectivity index (χ1n) is 16.2. The number of likely N-dealkylation sites (tertiary alicyclic amines) is 1. The fourth-order valence-corrected chi connectivity index (χ4v) is 6.44. The van der Waals surface area contributed by atoms with Crippen LogP contribution >= 0.6 is 11.6 Å². The third-order valence-corrected chi connectivity index (χ3v) is 9.69. The van der Waals surface area contributed by atoms with Gasteiger partial charge < -0.3 is 24.5 Å². The molecule has 8 nitrogen and oxygen atoms in total. The van der Waals surface area contributed by atoms with E-state index in [0.717, 1.165) is 42.9 Å². The summed E-state index contributed by atoms with van der Waals surface area (Å²) in [6, 6.07) is 24.9. The van der Waals surface area contributed by atoms with Crippen molar-refractivity contribution in [3.63, 3.8) is 0 Å². The zero-order valence-corrected chi connectivity index (χ0v) is 27.9. The van der Waals surface area contributed by atoms with Gasteiger partial charge in [-0.05, 0) is 84.4 Å². The number of likely N-dealkylation sites (N-methyl/N-ethyl adjacent to an activating group) is 1. The quantitative estimate of drug-likeness (QED) is 0.314. The average Bonchev–Trinajstić information content (AvgIpc) is 3.12. The fourth-order valence-electron chi connectivity index (χ4n) is 6.32. The van der Waals surface area contributed by atoms with Crippen molar-refractivity contribution in [3.05, 3.63) is 156 Å². The van der Waals surface area contributed by atoms with E-state index in [9.17, 15) is 19.5 Å². The first-order valence-corrected chi connectivity index (χ1v) is 16.5. The molecule has 0 unspecified atom stereocenters. The molecule has 0 spiro atoms. The van der Waals surface area contributed by atoms with Gasteiger partial charge >= 0.3 is 0 Å². The summed E-state index contributed by atoms with van der Waals surface area (Å²) in [5, 5.41) is 12.3. The van der Waals surface area contributed by atoms with Crippen molar-refractivity contribution >= 4 is 34.8 Å². The van der Waals surface area contributed by atoms with Crippen LogP contribution in [-0.4, -0.2) is 52.1 Å². The molecule has 1 amide bonds. The zero-order chi connectivity index (χ0) is 33.8. The van der Waals surface area contributed by atoms with Crippen LogP contribution in [0.25, 0.3) is 11.6 Å². The smallest absolute Gasteiger partial charge is 0.274 e. The second-order valence-electron chi connectivity index (χ2n) is 12.5. The van der Waals surface area contributed by atoms with Crippen molar-refractivity contribution in [1.82, 2.24) is 14.5 Å². The Hall–Kier alpha value is -4.76. The molecule has 9 heteroatoms. The second-order valence-corrected chi connectivity index (χ2v) is 13.0. The van der Waals surface area contributed by atoms with Crippen molar-refractivity contribution < 1.29 is 9.90 Å². The van der Waals surface area contributed by atoms with Crippen molar-refractivity contribution in [2.24, 2.45) is 7.05 Å². The van der Waals surface area contributed by atoms with E-state index in [1.165, 1.54) is 10.1 Å². The molecule has 1 aromatic heterocycles. The number of amides is 1. The summed E-state index contributed by atoms with van der Waals surface area (Å²) in [7, 11) is 3.33. The monoisotopic (exact) mass is 662 g/mol. The molecule has 3 aromatic carbocycles. The maximum Gasteiger partial charge on any atom is 0.274 e. The van der Waals surface area contributed by atoms with E-state index in [1.54, 1.807) is 43.3 Å². The standard InChI is InChI=1S/C39H39ClN4O4/c1-42(33-18-8-27(9-19-33)20-23-44-24-21-39(48,22-25-44)31-14-16-32(40)17-15-31)37(46)30-12-10-29(11-13-30)35-38(47)43(2)34(36(45)41-35)26-28-6-4-3-5-7-28/h3-10,12-19,26,48H,11,20-25H2,1-2H3,(H,41,45). The maximum absolute atomic E-state index is 13.4. The first-order chi connectivity index (χ1) is 23.1. The molecular weight excluding hydrogens is 624 g/mol. The number of nitrogens with zero attached hydrogens (tertiary/aromatic N) is 3. The van der Waals surface area contributed by atoms with Gasteiger partial charge in [-0.2, -0.15) is 0 Å². The summed E-state index contributed by atoms with van der Waals surface area (Å²) in [6.45, 7) is 2.53. The summed E-state index contributed by atoms with van der Waals surface area (Å²) in [5.41, 5.74) is 3.38. The largest absolute Gasteiger partial charge is 0.385 e. The lowest BCUT2D eigenvalue weighted by molar-refractivity contribution is -0.114. The van der Waals surface area contributed by atoms with Gasteiger partial charge in [-0.1, -0.05) is 78.4 Å². The zero-order valence-electron chi connectivity index (χ0n) is 27.2. The summed E-state index contributed by atoms with van der Waals surface area (Å²) >= 11 is 6.02. The molecule has 2 N–H and O–H groups in total. The molecule has 246 valence electrons. The van der Waals surface area contributed by atoms with Crippen LogP contribution in [0.15, 0.2) is 112 Å². The molecular formula is C39H39ClN4O4. The highest BCUT2D eigenvalue weighted by molar-refractivity contribution is 6.30. The fraction of sp³-hybridized carbons (Fsp3) is 0.256. The number of rotatable bonds is 7. The van der Waals surface area contributed by atoms with E-state index in [0.29, 0.717) is 35.4 Å².